The Morgan fingerprint density at radius 2 is 2.12 bits per heavy atom. The van der Waals surface area contributed by atoms with Gasteiger partial charge in [-0.05, 0) is 12.1 Å². The number of benzene rings is 1. The molecular formula is C17H21N3O6. The van der Waals surface area contributed by atoms with Crippen molar-refractivity contribution in [2.75, 3.05) is 40.0 Å². The molecule has 1 aromatic carbocycles. The van der Waals surface area contributed by atoms with Gasteiger partial charge >= 0.3 is 0 Å². The third kappa shape index (κ3) is 3.96. The normalized spacial score (nSPS) is 16.2. The Hall–Kier alpha value is -2.62. The van der Waals surface area contributed by atoms with Crippen molar-refractivity contribution in [3.05, 3.63) is 30.0 Å². The lowest BCUT2D eigenvalue weighted by Crippen LogP contribution is -2.56. The van der Waals surface area contributed by atoms with E-state index in [-0.39, 0.29) is 5.76 Å². The van der Waals surface area contributed by atoms with Gasteiger partial charge in [0.15, 0.2) is 17.1 Å². The Kier molecular flexibility index (Phi) is 5.71. The molecule has 0 spiro atoms. The lowest BCUT2D eigenvalue weighted by Gasteiger charge is -2.28. The zero-order valence-corrected chi connectivity index (χ0v) is 14.4. The van der Waals surface area contributed by atoms with Crippen LogP contribution in [0.4, 0.5) is 0 Å². The minimum atomic E-state index is -1.10. The molecule has 3 rings (SSSR count). The largest absolute Gasteiger partial charge is 0.493 e. The van der Waals surface area contributed by atoms with Crippen LogP contribution in [0.1, 0.15) is 10.6 Å². The van der Waals surface area contributed by atoms with Crippen LogP contribution in [-0.2, 0) is 9.53 Å². The number of carbonyl (C=O) groups excluding carboxylic acids is 2. The van der Waals surface area contributed by atoms with Crippen LogP contribution in [0.2, 0.25) is 0 Å². The topological polar surface area (TPSA) is 113 Å². The fourth-order valence-corrected chi connectivity index (χ4v) is 2.64. The van der Waals surface area contributed by atoms with E-state index in [0.717, 1.165) is 0 Å². The van der Waals surface area contributed by atoms with Crippen LogP contribution in [0.3, 0.4) is 0 Å². The molecule has 1 fully saturated rings. The number of methoxy groups -OCH3 is 1. The molecule has 3 N–H and O–H groups in total. The second-order valence-electron chi connectivity index (χ2n) is 5.77. The third-order valence-electron chi connectivity index (χ3n) is 4.04. The Bertz CT molecular complexity index is 784. The number of aliphatic hydroxyl groups is 1. The summed E-state index contributed by atoms with van der Waals surface area (Å²) >= 11 is 0. The van der Waals surface area contributed by atoms with Gasteiger partial charge in [-0.1, -0.05) is 12.1 Å². The molecule has 1 aromatic heterocycles. The van der Waals surface area contributed by atoms with E-state index in [1.165, 1.54) is 7.11 Å². The number of furan rings is 1. The van der Waals surface area contributed by atoms with Crippen LogP contribution in [-0.4, -0.2) is 68.0 Å². The molecule has 0 radical (unpaired) electrons. The van der Waals surface area contributed by atoms with Crippen molar-refractivity contribution in [3.8, 4) is 5.75 Å². The molecule has 0 aliphatic carbocycles. The van der Waals surface area contributed by atoms with Crippen molar-refractivity contribution in [2.45, 2.75) is 6.04 Å². The van der Waals surface area contributed by atoms with Gasteiger partial charge < -0.3 is 24.3 Å². The molecule has 2 aromatic rings. The van der Waals surface area contributed by atoms with Gasteiger partial charge in [0, 0.05) is 18.5 Å². The molecule has 0 saturated carbocycles. The van der Waals surface area contributed by atoms with Crippen LogP contribution in [0.5, 0.6) is 5.75 Å². The Morgan fingerprint density at radius 3 is 2.81 bits per heavy atom. The first-order chi connectivity index (χ1) is 12.6. The number of morpholine rings is 1. The SMILES string of the molecule is COc1cccc2cc(C(=O)NC(CO)C(=O)NN3CCOCC3)oc12. The molecule has 0 bridgehead atoms. The highest BCUT2D eigenvalue weighted by Crippen LogP contribution is 2.28. The Morgan fingerprint density at radius 1 is 1.35 bits per heavy atom. The first kappa shape index (κ1) is 18.2. The number of para-hydroxylation sites is 1. The number of fused-ring (bicyclic) bond motifs is 1. The maximum absolute atomic E-state index is 12.4. The third-order valence-corrected chi connectivity index (χ3v) is 4.04. The number of ether oxygens (including phenoxy) is 2. The average Bonchev–Trinajstić information content (AvgIpc) is 3.11. The summed E-state index contributed by atoms with van der Waals surface area (Å²) in [5.74, 6) is -0.566. The quantitative estimate of drug-likeness (QED) is 0.656. The van der Waals surface area contributed by atoms with Crippen LogP contribution in [0.25, 0.3) is 11.0 Å². The molecule has 1 aliphatic heterocycles. The highest BCUT2D eigenvalue weighted by Gasteiger charge is 2.25. The van der Waals surface area contributed by atoms with Gasteiger partial charge in [-0.25, -0.2) is 5.01 Å². The second-order valence-corrected chi connectivity index (χ2v) is 5.77. The number of nitrogens with one attached hydrogen (secondary N) is 2. The number of hydrogen-bond donors (Lipinski definition) is 3. The van der Waals surface area contributed by atoms with E-state index in [2.05, 4.69) is 10.7 Å². The summed E-state index contributed by atoms with van der Waals surface area (Å²) in [6.07, 6.45) is 0. The monoisotopic (exact) mass is 363 g/mol. The van der Waals surface area contributed by atoms with Crippen molar-refractivity contribution >= 4 is 22.8 Å². The van der Waals surface area contributed by atoms with Gasteiger partial charge in [0.2, 0.25) is 0 Å². The van der Waals surface area contributed by atoms with Crippen LogP contribution >= 0.6 is 0 Å². The number of amides is 2. The minimum Gasteiger partial charge on any atom is -0.493 e. The van der Waals surface area contributed by atoms with Crippen molar-refractivity contribution in [1.29, 1.82) is 0 Å². The van der Waals surface area contributed by atoms with Crippen molar-refractivity contribution in [1.82, 2.24) is 15.8 Å². The predicted molar refractivity (Wildman–Crippen MR) is 91.6 cm³/mol. The first-order valence-electron chi connectivity index (χ1n) is 8.24. The number of rotatable bonds is 6. The molecule has 2 amide bonds. The second kappa shape index (κ2) is 8.17. The molecule has 26 heavy (non-hydrogen) atoms. The van der Waals surface area contributed by atoms with E-state index < -0.39 is 24.5 Å². The highest BCUT2D eigenvalue weighted by molar-refractivity contribution is 5.99. The van der Waals surface area contributed by atoms with E-state index in [1.807, 2.05) is 0 Å². The zero-order valence-electron chi connectivity index (χ0n) is 14.4. The van der Waals surface area contributed by atoms with Crippen molar-refractivity contribution in [3.63, 3.8) is 0 Å². The summed E-state index contributed by atoms with van der Waals surface area (Å²) in [6.45, 7) is 1.57. The standard InChI is InChI=1S/C17H21N3O6/c1-24-13-4-2-3-11-9-14(26-15(11)13)17(23)18-12(10-21)16(22)19-20-5-7-25-8-6-20/h2-4,9,12,21H,5-8,10H2,1H3,(H,18,23)(H,19,22). The van der Waals surface area contributed by atoms with Crippen LogP contribution in [0.15, 0.2) is 28.7 Å². The molecular weight excluding hydrogens is 342 g/mol. The van der Waals surface area contributed by atoms with Gasteiger partial charge in [-0.3, -0.25) is 15.0 Å². The van der Waals surface area contributed by atoms with E-state index in [0.29, 0.717) is 43.0 Å². The predicted octanol–water partition coefficient (Wildman–Crippen LogP) is -0.105. The summed E-state index contributed by atoms with van der Waals surface area (Å²) in [6, 6.07) is 5.75. The lowest BCUT2D eigenvalue weighted by molar-refractivity contribution is -0.130. The van der Waals surface area contributed by atoms with E-state index in [1.54, 1.807) is 29.3 Å². The molecule has 9 heteroatoms. The van der Waals surface area contributed by atoms with Gasteiger partial charge in [-0.2, -0.15) is 0 Å². The van der Waals surface area contributed by atoms with Crippen molar-refractivity contribution in [2.24, 2.45) is 0 Å². The Labute approximate surface area is 149 Å². The number of hydrogen-bond acceptors (Lipinski definition) is 7. The molecule has 1 saturated heterocycles. The molecule has 1 atom stereocenters. The van der Waals surface area contributed by atoms with Gasteiger partial charge in [0.1, 0.15) is 6.04 Å². The van der Waals surface area contributed by atoms with E-state index in [9.17, 15) is 14.7 Å². The number of aliphatic hydroxyl groups excluding tert-OH is 1. The van der Waals surface area contributed by atoms with Gasteiger partial charge in [0.05, 0.1) is 26.9 Å². The van der Waals surface area contributed by atoms with Crippen molar-refractivity contribution < 1.29 is 28.6 Å². The molecule has 2 heterocycles. The fraction of sp³-hybridized carbons (Fsp3) is 0.412. The number of nitrogens with zero attached hydrogens (tertiary/aromatic N) is 1. The summed E-state index contributed by atoms with van der Waals surface area (Å²) < 4.78 is 16.0. The summed E-state index contributed by atoms with van der Waals surface area (Å²) in [4.78, 5) is 24.7. The van der Waals surface area contributed by atoms with Gasteiger partial charge in [0.25, 0.3) is 11.8 Å². The smallest absolute Gasteiger partial charge is 0.287 e. The number of hydrazine groups is 1. The molecule has 140 valence electrons. The highest BCUT2D eigenvalue weighted by atomic mass is 16.5. The van der Waals surface area contributed by atoms with E-state index in [4.69, 9.17) is 13.9 Å². The molecule has 1 aliphatic rings. The van der Waals surface area contributed by atoms with E-state index >= 15 is 0 Å². The molecule has 1 unspecified atom stereocenters. The van der Waals surface area contributed by atoms with Crippen LogP contribution in [0, 0.1) is 0 Å². The van der Waals surface area contributed by atoms with Crippen LogP contribution < -0.4 is 15.5 Å². The minimum absolute atomic E-state index is 0.0297. The first-order valence-corrected chi connectivity index (χ1v) is 8.24. The zero-order chi connectivity index (χ0) is 18.5. The van der Waals surface area contributed by atoms with Gasteiger partial charge in [-0.15, -0.1) is 0 Å². The Balaban J connectivity index is 1.67. The summed E-state index contributed by atoms with van der Waals surface area (Å²) in [7, 11) is 1.51. The maximum Gasteiger partial charge on any atom is 0.287 e. The average molecular weight is 363 g/mol. The maximum atomic E-state index is 12.4. The summed E-state index contributed by atoms with van der Waals surface area (Å²) in [5.41, 5.74) is 3.10. The number of carbonyl (C=O) groups is 2. The fourth-order valence-electron chi connectivity index (χ4n) is 2.64. The summed E-state index contributed by atoms with van der Waals surface area (Å²) in [5, 5.41) is 14.3. The molecule has 9 nitrogen and oxygen atoms in total. The lowest BCUT2D eigenvalue weighted by atomic mass is 10.2.